The summed E-state index contributed by atoms with van der Waals surface area (Å²) in [6.45, 7) is 6.81. The van der Waals surface area contributed by atoms with Crippen molar-refractivity contribution >= 4 is 40.1 Å². The van der Waals surface area contributed by atoms with Crippen LogP contribution in [0.25, 0.3) is 16.5 Å². The van der Waals surface area contributed by atoms with Crippen molar-refractivity contribution in [1.29, 1.82) is 0 Å². The molecule has 0 bridgehead atoms. The first-order chi connectivity index (χ1) is 10.5. The Hall–Kier alpha value is -2.07. The van der Waals surface area contributed by atoms with E-state index in [9.17, 15) is 9.59 Å². The summed E-state index contributed by atoms with van der Waals surface area (Å²) >= 11 is 6.20. The molecule has 0 amide bonds. The van der Waals surface area contributed by atoms with Gasteiger partial charge in [0, 0.05) is 29.2 Å². The van der Waals surface area contributed by atoms with E-state index < -0.39 is 5.63 Å². The van der Waals surface area contributed by atoms with Crippen molar-refractivity contribution in [1.82, 2.24) is 0 Å². The maximum atomic E-state index is 11.8. The van der Waals surface area contributed by atoms with E-state index in [0.29, 0.717) is 17.3 Å². The normalized spacial score (nSPS) is 11.7. The number of aldehydes is 1. The van der Waals surface area contributed by atoms with Crippen LogP contribution in [0.1, 0.15) is 43.1 Å². The molecule has 0 radical (unpaired) electrons. The number of fused-ring (bicyclic) bond motifs is 1. The minimum Gasteiger partial charge on any atom is -0.422 e. The van der Waals surface area contributed by atoms with E-state index in [1.54, 1.807) is 6.07 Å². The summed E-state index contributed by atoms with van der Waals surface area (Å²) < 4.78 is 5.22. The predicted octanol–water partition coefficient (Wildman–Crippen LogP) is 4.50. The quantitative estimate of drug-likeness (QED) is 0.651. The van der Waals surface area contributed by atoms with Crippen LogP contribution in [-0.2, 0) is 0 Å². The Morgan fingerprint density at radius 2 is 2.09 bits per heavy atom. The average molecular weight is 320 g/mol. The summed E-state index contributed by atoms with van der Waals surface area (Å²) in [5.74, 6) is 0. The standard InChI is InChI=1S/C17H18ClNO3/c1-4-6-10(3)11-7-12-15(8-14(11)19-5-2)22-17(21)13(9-20)16(12)18/h6-9,19H,4-5H2,1-3H3. The third-order valence-electron chi connectivity index (χ3n) is 3.44. The molecule has 22 heavy (non-hydrogen) atoms. The van der Waals surface area contributed by atoms with Gasteiger partial charge in [-0.2, -0.15) is 0 Å². The lowest BCUT2D eigenvalue weighted by atomic mass is 10.0. The van der Waals surface area contributed by atoms with Crippen LogP contribution in [0.2, 0.25) is 5.02 Å². The molecule has 2 rings (SSSR count). The van der Waals surface area contributed by atoms with Crippen molar-refractivity contribution < 1.29 is 9.21 Å². The second-order valence-corrected chi connectivity index (χ2v) is 5.33. The van der Waals surface area contributed by atoms with E-state index in [1.807, 2.05) is 19.9 Å². The molecule has 2 aromatic rings. The van der Waals surface area contributed by atoms with Gasteiger partial charge in [0.05, 0.1) is 5.02 Å². The number of rotatable bonds is 5. The van der Waals surface area contributed by atoms with Crippen molar-refractivity contribution in [3.05, 3.63) is 44.8 Å². The van der Waals surface area contributed by atoms with Crippen molar-refractivity contribution in [2.24, 2.45) is 0 Å². The molecular formula is C17H18ClNO3. The molecule has 1 aromatic heterocycles. The molecule has 0 spiro atoms. The van der Waals surface area contributed by atoms with Gasteiger partial charge < -0.3 is 9.73 Å². The number of halogens is 1. The van der Waals surface area contributed by atoms with Crippen LogP contribution in [0, 0.1) is 0 Å². The van der Waals surface area contributed by atoms with Crippen LogP contribution in [0.15, 0.2) is 27.4 Å². The Bertz CT molecular complexity index is 806. The first kappa shape index (κ1) is 16.3. The van der Waals surface area contributed by atoms with Crippen LogP contribution in [-0.4, -0.2) is 12.8 Å². The van der Waals surface area contributed by atoms with Crippen LogP contribution in [0.4, 0.5) is 5.69 Å². The molecule has 0 aliphatic carbocycles. The van der Waals surface area contributed by atoms with E-state index in [1.165, 1.54) is 0 Å². The second kappa shape index (κ2) is 6.79. The Kier molecular flexibility index (Phi) is 5.03. The molecule has 1 N–H and O–H groups in total. The molecular weight excluding hydrogens is 302 g/mol. The number of hydrogen-bond acceptors (Lipinski definition) is 4. The Morgan fingerprint density at radius 3 is 2.68 bits per heavy atom. The zero-order valence-electron chi connectivity index (χ0n) is 12.8. The van der Waals surface area contributed by atoms with Gasteiger partial charge in [-0.25, -0.2) is 4.79 Å². The third-order valence-corrected chi connectivity index (χ3v) is 3.84. The number of carbonyl (C=O) groups is 1. The molecule has 0 aliphatic heterocycles. The van der Waals surface area contributed by atoms with Gasteiger partial charge in [0.25, 0.3) is 0 Å². The largest absolute Gasteiger partial charge is 0.422 e. The molecule has 1 heterocycles. The maximum Gasteiger partial charge on any atom is 0.348 e. The predicted molar refractivity (Wildman–Crippen MR) is 91.0 cm³/mol. The van der Waals surface area contributed by atoms with E-state index in [0.717, 1.165) is 29.8 Å². The maximum absolute atomic E-state index is 11.8. The molecule has 0 saturated carbocycles. The van der Waals surface area contributed by atoms with Crippen molar-refractivity contribution in [3.63, 3.8) is 0 Å². The van der Waals surface area contributed by atoms with E-state index in [2.05, 4.69) is 18.3 Å². The van der Waals surface area contributed by atoms with Crippen LogP contribution in [0.5, 0.6) is 0 Å². The zero-order chi connectivity index (χ0) is 16.3. The fourth-order valence-electron chi connectivity index (χ4n) is 2.40. The third kappa shape index (κ3) is 2.92. The molecule has 0 fully saturated rings. The lowest BCUT2D eigenvalue weighted by molar-refractivity contribution is 0.112. The first-order valence-corrected chi connectivity index (χ1v) is 7.57. The lowest BCUT2D eigenvalue weighted by Crippen LogP contribution is -2.08. The Morgan fingerprint density at radius 1 is 1.36 bits per heavy atom. The van der Waals surface area contributed by atoms with Gasteiger partial charge in [0.15, 0.2) is 6.29 Å². The number of anilines is 1. The molecule has 1 aromatic carbocycles. The van der Waals surface area contributed by atoms with Gasteiger partial charge in [0.2, 0.25) is 0 Å². The molecule has 0 saturated heterocycles. The summed E-state index contributed by atoms with van der Waals surface area (Å²) in [5.41, 5.74) is 2.44. The summed E-state index contributed by atoms with van der Waals surface area (Å²) in [7, 11) is 0. The van der Waals surface area contributed by atoms with Gasteiger partial charge in [-0.1, -0.05) is 24.6 Å². The van der Waals surface area contributed by atoms with Crippen LogP contribution >= 0.6 is 11.6 Å². The number of hydrogen-bond donors (Lipinski definition) is 1. The highest BCUT2D eigenvalue weighted by atomic mass is 35.5. The molecule has 0 atom stereocenters. The topological polar surface area (TPSA) is 59.3 Å². The fraction of sp³-hybridized carbons (Fsp3) is 0.294. The van der Waals surface area contributed by atoms with E-state index >= 15 is 0 Å². The number of allylic oxidation sites excluding steroid dienone is 2. The summed E-state index contributed by atoms with van der Waals surface area (Å²) in [6.07, 6.45) is 3.45. The van der Waals surface area contributed by atoms with Crippen molar-refractivity contribution in [2.45, 2.75) is 27.2 Å². The van der Waals surface area contributed by atoms with Gasteiger partial charge in [-0.15, -0.1) is 0 Å². The van der Waals surface area contributed by atoms with Gasteiger partial charge in [-0.05, 0) is 31.9 Å². The lowest BCUT2D eigenvalue weighted by Gasteiger charge is -2.13. The molecule has 5 heteroatoms. The Labute approximate surface area is 133 Å². The van der Waals surface area contributed by atoms with Gasteiger partial charge in [-0.3, -0.25) is 4.79 Å². The van der Waals surface area contributed by atoms with Crippen LogP contribution < -0.4 is 10.9 Å². The van der Waals surface area contributed by atoms with E-state index in [-0.39, 0.29) is 10.6 Å². The summed E-state index contributed by atoms with van der Waals surface area (Å²) in [4.78, 5) is 22.8. The van der Waals surface area contributed by atoms with Crippen molar-refractivity contribution in [2.75, 3.05) is 11.9 Å². The molecule has 4 nitrogen and oxygen atoms in total. The highest BCUT2D eigenvalue weighted by molar-refractivity contribution is 6.37. The SMILES string of the molecule is CCC=C(C)c1cc2c(Cl)c(C=O)c(=O)oc2cc1NCC. The monoisotopic (exact) mass is 319 g/mol. The van der Waals surface area contributed by atoms with Gasteiger partial charge >= 0.3 is 5.63 Å². The molecule has 0 unspecified atom stereocenters. The van der Waals surface area contributed by atoms with Crippen molar-refractivity contribution in [3.8, 4) is 0 Å². The summed E-state index contributed by atoms with van der Waals surface area (Å²) in [6, 6.07) is 3.61. The zero-order valence-corrected chi connectivity index (χ0v) is 13.6. The first-order valence-electron chi connectivity index (χ1n) is 7.20. The summed E-state index contributed by atoms with van der Waals surface area (Å²) in [5, 5.41) is 3.95. The highest BCUT2D eigenvalue weighted by Gasteiger charge is 2.15. The Balaban J connectivity index is 2.84. The number of benzene rings is 1. The fourth-order valence-corrected chi connectivity index (χ4v) is 2.67. The number of carbonyl (C=O) groups excluding carboxylic acids is 1. The minimum atomic E-state index is -0.719. The second-order valence-electron chi connectivity index (χ2n) is 4.95. The smallest absolute Gasteiger partial charge is 0.348 e. The molecule has 0 aliphatic rings. The van der Waals surface area contributed by atoms with Gasteiger partial charge in [0.1, 0.15) is 11.1 Å². The average Bonchev–Trinajstić information content (AvgIpc) is 2.47. The van der Waals surface area contributed by atoms with E-state index in [4.69, 9.17) is 16.0 Å². The number of nitrogens with one attached hydrogen (secondary N) is 1. The molecule has 116 valence electrons. The highest BCUT2D eigenvalue weighted by Crippen LogP contribution is 2.33. The minimum absolute atomic E-state index is 0.134. The van der Waals surface area contributed by atoms with Crippen LogP contribution in [0.3, 0.4) is 0 Å².